The number of rotatable bonds is 3. The monoisotopic (exact) mass is 199 g/mol. The number of benzene rings is 1. The molecule has 0 aromatic heterocycles. The third-order valence-electron chi connectivity index (χ3n) is 1.91. The van der Waals surface area contributed by atoms with E-state index >= 15 is 0 Å². The molecule has 1 rings (SSSR count). The Hall–Kier alpha value is -1.29. The summed E-state index contributed by atoms with van der Waals surface area (Å²) in [5.74, 6) is -0.855. The van der Waals surface area contributed by atoms with Gasteiger partial charge in [0, 0.05) is 6.04 Å². The lowest BCUT2D eigenvalue weighted by Gasteiger charge is -2.11. The zero-order valence-corrected chi connectivity index (χ0v) is 8.25. The minimum atomic E-state index is -0.571. The molecular formula is C10H14FNO2. The summed E-state index contributed by atoms with van der Waals surface area (Å²) >= 11 is 0. The van der Waals surface area contributed by atoms with Crippen LogP contribution in [-0.2, 0) is 6.42 Å². The van der Waals surface area contributed by atoms with Crippen molar-refractivity contribution in [2.45, 2.75) is 19.4 Å². The summed E-state index contributed by atoms with van der Waals surface area (Å²) in [6.07, 6.45) is 0.489. The van der Waals surface area contributed by atoms with E-state index in [4.69, 9.17) is 10.5 Å². The summed E-state index contributed by atoms with van der Waals surface area (Å²) in [6.45, 7) is 1.81. The van der Waals surface area contributed by atoms with Gasteiger partial charge in [0.05, 0.1) is 7.11 Å². The van der Waals surface area contributed by atoms with Gasteiger partial charge in [0.25, 0.3) is 0 Å². The minimum absolute atomic E-state index is 0.0870. The Kier molecular flexibility index (Phi) is 3.30. The zero-order valence-electron chi connectivity index (χ0n) is 8.25. The van der Waals surface area contributed by atoms with Crippen LogP contribution in [0.3, 0.4) is 0 Å². The van der Waals surface area contributed by atoms with E-state index in [2.05, 4.69) is 0 Å². The van der Waals surface area contributed by atoms with Crippen LogP contribution >= 0.6 is 0 Å². The largest absolute Gasteiger partial charge is 0.504 e. The number of nitrogens with two attached hydrogens (primary N) is 1. The molecule has 4 heteroatoms. The molecule has 1 aromatic carbocycles. The molecule has 1 unspecified atom stereocenters. The molecule has 3 nitrogen and oxygen atoms in total. The summed E-state index contributed by atoms with van der Waals surface area (Å²) in [7, 11) is 1.31. The average Bonchev–Trinajstić information content (AvgIpc) is 2.10. The predicted molar refractivity (Wildman–Crippen MR) is 52.0 cm³/mol. The molecule has 0 saturated carbocycles. The molecule has 0 heterocycles. The van der Waals surface area contributed by atoms with Crippen molar-refractivity contribution in [3.63, 3.8) is 0 Å². The molecule has 14 heavy (non-hydrogen) atoms. The molecule has 1 aromatic rings. The van der Waals surface area contributed by atoms with Gasteiger partial charge in [-0.15, -0.1) is 0 Å². The number of phenols is 1. The van der Waals surface area contributed by atoms with E-state index in [0.717, 1.165) is 0 Å². The van der Waals surface area contributed by atoms with E-state index in [1.54, 1.807) is 0 Å². The highest BCUT2D eigenvalue weighted by Gasteiger charge is 2.13. The van der Waals surface area contributed by atoms with E-state index in [1.807, 2.05) is 6.92 Å². The van der Waals surface area contributed by atoms with Gasteiger partial charge in [-0.1, -0.05) is 6.07 Å². The van der Waals surface area contributed by atoms with Gasteiger partial charge in [0.1, 0.15) is 0 Å². The molecule has 3 N–H and O–H groups in total. The lowest BCUT2D eigenvalue weighted by atomic mass is 10.1. The van der Waals surface area contributed by atoms with Crippen molar-refractivity contribution >= 4 is 0 Å². The molecule has 1 atom stereocenters. The van der Waals surface area contributed by atoms with E-state index < -0.39 is 5.82 Å². The topological polar surface area (TPSA) is 55.5 Å². The Morgan fingerprint density at radius 3 is 2.71 bits per heavy atom. The second-order valence-corrected chi connectivity index (χ2v) is 3.27. The van der Waals surface area contributed by atoms with Crippen molar-refractivity contribution in [3.8, 4) is 11.5 Å². The van der Waals surface area contributed by atoms with Crippen LogP contribution in [0.5, 0.6) is 11.5 Å². The smallest absolute Gasteiger partial charge is 0.196 e. The van der Waals surface area contributed by atoms with Crippen LogP contribution in [0.25, 0.3) is 0 Å². The zero-order chi connectivity index (χ0) is 10.7. The number of phenolic OH excluding ortho intramolecular Hbond substituents is 1. The molecule has 0 spiro atoms. The van der Waals surface area contributed by atoms with E-state index in [9.17, 15) is 9.50 Å². The third kappa shape index (κ3) is 2.14. The third-order valence-corrected chi connectivity index (χ3v) is 1.91. The Bertz CT molecular complexity index is 326. The molecule has 0 aliphatic heterocycles. The van der Waals surface area contributed by atoms with Crippen LogP contribution in [0, 0.1) is 5.82 Å². The number of hydrogen-bond acceptors (Lipinski definition) is 3. The summed E-state index contributed by atoms with van der Waals surface area (Å²) in [4.78, 5) is 0. The maximum Gasteiger partial charge on any atom is 0.196 e. The quantitative estimate of drug-likeness (QED) is 0.774. The van der Waals surface area contributed by atoms with Crippen LogP contribution in [0.2, 0.25) is 0 Å². The van der Waals surface area contributed by atoms with Gasteiger partial charge < -0.3 is 15.6 Å². The highest BCUT2D eigenvalue weighted by Crippen LogP contribution is 2.32. The molecule has 0 saturated heterocycles. The Morgan fingerprint density at radius 1 is 1.57 bits per heavy atom. The van der Waals surface area contributed by atoms with E-state index in [-0.39, 0.29) is 17.5 Å². The van der Waals surface area contributed by atoms with Crippen LogP contribution < -0.4 is 10.5 Å². The Labute approximate surface area is 82.3 Å². The minimum Gasteiger partial charge on any atom is -0.504 e. The average molecular weight is 199 g/mol. The van der Waals surface area contributed by atoms with E-state index in [1.165, 1.54) is 19.2 Å². The number of aromatic hydroxyl groups is 1. The Balaban J connectivity index is 3.08. The highest BCUT2D eigenvalue weighted by atomic mass is 19.1. The normalized spacial score (nSPS) is 12.6. The standard InChI is InChI=1S/C10H14FNO2/c1-6(12)5-7-3-4-8(11)10(14-2)9(7)13/h3-4,6,13H,5,12H2,1-2H3. The molecule has 0 bridgehead atoms. The molecule has 78 valence electrons. The summed E-state index contributed by atoms with van der Waals surface area (Å²) in [5, 5.41) is 9.60. The van der Waals surface area contributed by atoms with Gasteiger partial charge >= 0.3 is 0 Å². The molecule has 0 aliphatic carbocycles. The first-order chi connectivity index (χ1) is 6.56. The van der Waals surface area contributed by atoms with Gasteiger partial charge in [-0.05, 0) is 25.0 Å². The van der Waals surface area contributed by atoms with E-state index in [0.29, 0.717) is 12.0 Å². The molecule has 0 fully saturated rings. The number of hydrogen-bond donors (Lipinski definition) is 2. The molecular weight excluding hydrogens is 185 g/mol. The van der Waals surface area contributed by atoms with Gasteiger partial charge in [-0.3, -0.25) is 0 Å². The van der Waals surface area contributed by atoms with Crippen molar-refractivity contribution in [2.24, 2.45) is 5.73 Å². The highest BCUT2D eigenvalue weighted by molar-refractivity contribution is 5.46. The summed E-state index contributed by atoms with van der Waals surface area (Å²) < 4.78 is 17.8. The summed E-state index contributed by atoms with van der Waals surface area (Å²) in [6, 6.07) is 2.68. The van der Waals surface area contributed by atoms with Crippen molar-refractivity contribution in [2.75, 3.05) is 7.11 Å². The van der Waals surface area contributed by atoms with Crippen molar-refractivity contribution in [3.05, 3.63) is 23.5 Å². The molecule has 0 radical (unpaired) electrons. The second-order valence-electron chi connectivity index (χ2n) is 3.27. The van der Waals surface area contributed by atoms with Crippen molar-refractivity contribution in [1.82, 2.24) is 0 Å². The van der Waals surface area contributed by atoms with Crippen LogP contribution in [0.4, 0.5) is 4.39 Å². The lowest BCUT2D eigenvalue weighted by Crippen LogP contribution is -2.17. The fourth-order valence-electron chi connectivity index (χ4n) is 1.29. The maximum absolute atomic E-state index is 13.1. The first kappa shape index (κ1) is 10.8. The number of methoxy groups -OCH3 is 1. The van der Waals surface area contributed by atoms with Gasteiger partial charge in [0.15, 0.2) is 17.3 Å². The molecule has 0 aliphatic rings. The number of halogens is 1. The molecule has 0 amide bonds. The van der Waals surface area contributed by atoms with Gasteiger partial charge in [-0.25, -0.2) is 4.39 Å². The van der Waals surface area contributed by atoms with Crippen molar-refractivity contribution in [1.29, 1.82) is 0 Å². The van der Waals surface area contributed by atoms with Gasteiger partial charge in [-0.2, -0.15) is 0 Å². The first-order valence-electron chi connectivity index (χ1n) is 4.36. The second kappa shape index (κ2) is 4.28. The number of ether oxygens (including phenoxy) is 1. The van der Waals surface area contributed by atoms with Crippen LogP contribution in [-0.4, -0.2) is 18.3 Å². The van der Waals surface area contributed by atoms with Crippen LogP contribution in [0.1, 0.15) is 12.5 Å². The SMILES string of the molecule is COc1c(F)ccc(CC(C)N)c1O. The predicted octanol–water partition coefficient (Wildman–Crippen LogP) is 1.43. The fraction of sp³-hybridized carbons (Fsp3) is 0.400. The van der Waals surface area contributed by atoms with Crippen LogP contribution in [0.15, 0.2) is 12.1 Å². The fourth-order valence-corrected chi connectivity index (χ4v) is 1.29. The first-order valence-corrected chi connectivity index (χ1v) is 4.36. The summed E-state index contributed by atoms with van der Waals surface area (Å²) in [5.41, 5.74) is 6.17. The Morgan fingerprint density at radius 2 is 2.21 bits per heavy atom. The lowest BCUT2D eigenvalue weighted by molar-refractivity contribution is 0.348. The van der Waals surface area contributed by atoms with Crippen molar-refractivity contribution < 1.29 is 14.2 Å². The maximum atomic E-state index is 13.1. The van der Waals surface area contributed by atoms with Gasteiger partial charge in [0.2, 0.25) is 0 Å².